The first kappa shape index (κ1) is 17.6. The number of nitrogens with one attached hydrogen (secondary N) is 2. The van der Waals surface area contributed by atoms with Crippen molar-refractivity contribution >= 4 is 23.0 Å². The van der Waals surface area contributed by atoms with E-state index in [1.54, 1.807) is 6.07 Å². The van der Waals surface area contributed by atoms with Crippen LogP contribution in [0.5, 0.6) is 5.75 Å². The van der Waals surface area contributed by atoms with Crippen LogP contribution < -0.4 is 15.4 Å². The van der Waals surface area contributed by atoms with Gasteiger partial charge in [-0.1, -0.05) is 6.07 Å². The maximum Gasteiger partial charge on any atom is 0.149 e. The predicted octanol–water partition coefficient (Wildman–Crippen LogP) is 5.03. The highest BCUT2D eigenvalue weighted by Gasteiger charge is 2.09. The van der Waals surface area contributed by atoms with Crippen molar-refractivity contribution in [1.29, 1.82) is 0 Å². The molecular weight excluding hydrogens is 338 g/mol. The first-order valence-corrected chi connectivity index (χ1v) is 8.08. The maximum atomic E-state index is 13.7. The zero-order valence-electron chi connectivity index (χ0n) is 14.3. The van der Waals surface area contributed by atoms with Crippen LogP contribution in [0.3, 0.4) is 0 Å². The van der Waals surface area contributed by atoms with Crippen molar-refractivity contribution in [3.05, 3.63) is 66.5 Å². The van der Waals surface area contributed by atoms with Crippen molar-refractivity contribution in [3.63, 3.8) is 0 Å². The monoisotopic (exact) mass is 356 g/mol. The van der Waals surface area contributed by atoms with Crippen LogP contribution in [0.25, 0.3) is 0 Å². The molecule has 0 unspecified atom stereocenters. The topological polar surface area (TPSA) is 59.1 Å². The molecule has 7 heteroatoms. The standard InChI is InChI=1S/C19H18F2N4O/c1-12(2)26-14-8-6-13(7-9-14)24-17-10-18(23-11-22-17)25-19-15(20)4-3-5-16(19)21/h3-12H,1-2H3,(H2,22,23,24,25). The minimum atomic E-state index is -0.695. The molecule has 0 aliphatic heterocycles. The first-order valence-electron chi connectivity index (χ1n) is 8.08. The number of para-hydroxylation sites is 1. The third-order valence-corrected chi connectivity index (χ3v) is 3.38. The average Bonchev–Trinajstić information content (AvgIpc) is 2.60. The SMILES string of the molecule is CC(C)Oc1ccc(Nc2cc(Nc3c(F)cccc3F)ncn2)cc1. The Balaban J connectivity index is 1.73. The summed E-state index contributed by atoms with van der Waals surface area (Å²) in [6.07, 6.45) is 1.41. The lowest BCUT2D eigenvalue weighted by Gasteiger charge is -2.12. The van der Waals surface area contributed by atoms with E-state index in [-0.39, 0.29) is 17.6 Å². The largest absolute Gasteiger partial charge is 0.491 e. The van der Waals surface area contributed by atoms with Gasteiger partial charge in [-0.05, 0) is 50.2 Å². The van der Waals surface area contributed by atoms with Crippen molar-refractivity contribution < 1.29 is 13.5 Å². The molecule has 0 spiro atoms. The lowest BCUT2D eigenvalue weighted by molar-refractivity contribution is 0.242. The van der Waals surface area contributed by atoms with Gasteiger partial charge in [0.15, 0.2) is 0 Å². The summed E-state index contributed by atoms with van der Waals surface area (Å²) in [6.45, 7) is 3.92. The molecule has 1 heterocycles. The Morgan fingerprint density at radius 3 is 2.12 bits per heavy atom. The van der Waals surface area contributed by atoms with E-state index in [9.17, 15) is 8.78 Å². The summed E-state index contributed by atoms with van der Waals surface area (Å²) < 4.78 is 33.1. The molecule has 0 atom stereocenters. The second-order valence-electron chi connectivity index (χ2n) is 5.83. The fraction of sp³-hybridized carbons (Fsp3) is 0.158. The van der Waals surface area contributed by atoms with Crippen LogP contribution in [0, 0.1) is 11.6 Å². The number of aromatic nitrogens is 2. The van der Waals surface area contributed by atoms with Crippen LogP contribution in [0.4, 0.5) is 31.8 Å². The molecule has 0 radical (unpaired) electrons. The van der Waals surface area contributed by atoms with Gasteiger partial charge in [0.25, 0.3) is 0 Å². The van der Waals surface area contributed by atoms with Crippen LogP contribution in [-0.2, 0) is 0 Å². The molecule has 0 amide bonds. The summed E-state index contributed by atoms with van der Waals surface area (Å²) in [4.78, 5) is 8.10. The smallest absolute Gasteiger partial charge is 0.149 e. The van der Waals surface area contributed by atoms with E-state index in [1.807, 2.05) is 38.1 Å². The Morgan fingerprint density at radius 1 is 0.885 bits per heavy atom. The van der Waals surface area contributed by atoms with E-state index in [2.05, 4.69) is 20.6 Å². The number of ether oxygens (including phenoxy) is 1. The molecule has 5 nitrogen and oxygen atoms in total. The molecule has 3 rings (SSSR count). The van der Waals surface area contributed by atoms with Crippen LogP contribution >= 0.6 is 0 Å². The van der Waals surface area contributed by atoms with Crippen molar-refractivity contribution in [1.82, 2.24) is 9.97 Å². The van der Waals surface area contributed by atoms with E-state index in [0.29, 0.717) is 5.82 Å². The van der Waals surface area contributed by atoms with Gasteiger partial charge >= 0.3 is 0 Å². The number of rotatable bonds is 6. The minimum Gasteiger partial charge on any atom is -0.491 e. The molecule has 0 fully saturated rings. The van der Waals surface area contributed by atoms with Crippen LogP contribution in [0.15, 0.2) is 54.9 Å². The molecule has 0 saturated carbocycles. The Hall–Kier alpha value is -3.22. The summed E-state index contributed by atoms with van der Waals surface area (Å²) in [5, 5.41) is 5.74. The second kappa shape index (κ2) is 7.77. The van der Waals surface area contributed by atoms with E-state index in [4.69, 9.17) is 4.74 Å². The fourth-order valence-electron chi connectivity index (χ4n) is 2.28. The normalized spacial score (nSPS) is 10.7. The quantitative estimate of drug-likeness (QED) is 0.649. The van der Waals surface area contributed by atoms with Crippen molar-refractivity contribution in [2.24, 2.45) is 0 Å². The highest BCUT2D eigenvalue weighted by Crippen LogP contribution is 2.24. The van der Waals surface area contributed by atoms with Crippen LogP contribution in [-0.4, -0.2) is 16.1 Å². The number of nitrogens with zero attached hydrogens (tertiary/aromatic N) is 2. The van der Waals surface area contributed by atoms with Gasteiger partial charge in [-0.15, -0.1) is 0 Å². The van der Waals surface area contributed by atoms with Gasteiger partial charge in [-0.2, -0.15) is 0 Å². The third-order valence-electron chi connectivity index (χ3n) is 3.38. The molecular formula is C19H18F2N4O. The molecule has 2 N–H and O–H groups in total. The average molecular weight is 356 g/mol. The molecule has 26 heavy (non-hydrogen) atoms. The summed E-state index contributed by atoms with van der Waals surface area (Å²) in [5.74, 6) is 0.131. The van der Waals surface area contributed by atoms with Gasteiger partial charge in [0.1, 0.15) is 41.0 Å². The Morgan fingerprint density at radius 2 is 1.50 bits per heavy atom. The number of halogens is 2. The maximum absolute atomic E-state index is 13.7. The molecule has 0 aliphatic rings. The molecule has 3 aromatic rings. The highest BCUT2D eigenvalue weighted by molar-refractivity contribution is 5.63. The molecule has 0 aliphatic carbocycles. The van der Waals surface area contributed by atoms with Crippen LogP contribution in [0.2, 0.25) is 0 Å². The van der Waals surface area contributed by atoms with Gasteiger partial charge in [-0.3, -0.25) is 0 Å². The Labute approximate surface area is 150 Å². The fourth-order valence-corrected chi connectivity index (χ4v) is 2.28. The predicted molar refractivity (Wildman–Crippen MR) is 97.2 cm³/mol. The zero-order chi connectivity index (χ0) is 18.5. The molecule has 1 aromatic heterocycles. The lowest BCUT2D eigenvalue weighted by atomic mass is 10.3. The van der Waals surface area contributed by atoms with Crippen LogP contribution in [0.1, 0.15) is 13.8 Å². The molecule has 134 valence electrons. The van der Waals surface area contributed by atoms with E-state index in [1.165, 1.54) is 24.5 Å². The van der Waals surface area contributed by atoms with Gasteiger partial charge < -0.3 is 15.4 Å². The van der Waals surface area contributed by atoms with Gasteiger partial charge in [0.2, 0.25) is 0 Å². The van der Waals surface area contributed by atoms with Crippen molar-refractivity contribution in [3.8, 4) is 5.75 Å². The lowest BCUT2D eigenvalue weighted by Crippen LogP contribution is -2.05. The molecule has 2 aromatic carbocycles. The number of hydrogen-bond donors (Lipinski definition) is 2. The van der Waals surface area contributed by atoms with E-state index < -0.39 is 11.6 Å². The minimum absolute atomic E-state index is 0.100. The molecule has 0 bridgehead atoms. The number of anilines is 4. The van der Waals surface area contributed by atoms with E-state index >= 15 is 0 Å². The van der Waals surface area contributed by atoms with Crippen molar-refractivity contribution in [2.75, 3.05) is 10.6 Å². The van der Waals surface area contributed by atoms with Gasteiger partial charge in [-0.25, -0.2) is 18.7 Å². The number of benzene rings is 2. The summed E-state index contributed by atoms with van der Waals surface area (Å²) >= 11 is 0. The van der Waals surface area contributed by atoms with E-state index in [0.717, 1.165) is 11.4 Å². The van der Waals surface area contributed by atoms with Gasteiger partial charge in [0, 0.05) is 11.8 Å². The number of hydrogen-bond acceptors (Lipinski definition) is 5. The first-order chi connectivity index (χ1) is 12.5. The Bertz CT molecular complexity index is 865. The summed E-state index contributed by atoms with van der Waals surface area (Å²) in [7, 11) is 0. The van der Waals surface area contributed by atoms with Gasteiger partial charge in [0.05, 0.1) is 6.10 Å². The zero-order valence-corrected chi connectivity index (χ0v) is 14.3. The highest BCUT2D eigenvalue weighted by atomic mass is 19.1. The third kappa shape index (κ3) is 4.44. The Kier molecular flexibility index (Phi) is 5.26. The van der Waals surface area contributed by atoms with Crippen molar-refractivity contribution in [2.45, 2.75) is 20.0 Å². The summed E-state index contributed by atoms with van der Waals surface area (Å²) in [6, 6.07) is 12.6. The second-order valence-corrected chi connectivity index (χ2v) is 5.83. The summed E-state index contributed by atoms with van der Waals surface area (Å²) in [5.41, 5.74) is 0.537. The molecule has 0 saturated heterocycles.